The molecular formula is C16H23NO6S2. The first kappa shape index (κ1) is 18.5. The third kappa shape index (κ3) is 3.24. The second-order valence-electron chi connectivity index (χ2n) is 6.66. The minimum Gasteiger partial charge on any atom is -0.493 e. The van der Waals surface area contributed by atoms with Gasteiger partial charge in [0.2, 0.25) is 10.0 Å². The number of hydrogen-bond acceptors (Lipinski definition) is 6. The first-order valence-electron chi connectivity index (χ1n) is 8.13. The molecule has 3 rings (SSSR count). The van der Waals surface area contributed by atoms with E-state index in [1.165, 1.54) is 36.9 Å². The zero-order chi connectivity index (χ0) is 18.4. The predicted octanol–water partition coefficient (Wildman–Crippen LogP) is 1.43. The molecule has 0 N–H and O–H groups in total. The van der Waals surface area contributed by atoms with Gasteiger partial charge in [0.25, 0.3) is 0 Å². The highest BCUT2D eigenvalue weighted by Crippen LogP contribution is 2.42. The highest BCUT2D eigenvalue weighted by molar-refractivity contribution is 7.91. The van der Waals surface area contributed by atoms with Gasteiger partial charge in [-0.05, 0) is 37.8 Å². The molecule has 7 nitrogen and oxygen atoms in total. The molecule has 2 unspecified atom stereocenters. The van der Waals surface area contributed by atoms with E-state index >= 15 is 0 Å². The molecule has 0 saturated carbocycles. The van der Waals surface area contributed by atoms with Crippen LogP contribution in [0.15, 0.2) is 23.1 Å². The molecule has 2 heterocycles. The summed E-state index contributed by atoms with van der Waals surface area (Å²) >= 11 is 0. The summed E-state index contributed by atoms with van der Waals surface area (Å²) in [5.41, 5.74) is 0. The number of piperidine rings is 1. The van der Waals surface area contributed by atoms with Crippen LogP contribution in [0.1, 0.15) is 25.7 Å². The van der Waals surface area contributed by atoms with Crippen molar-refractivity contribution in [2.24, 2.45) is 0 Å². The fourth-order valence-electron chi connectivity index (χ4n) is 3.92. The highest BCUT2D eigenvalue weighted by atomic mass is 32.2. The summed E-state index contributed by atoms with van der Waals surface area (Å²) in [6.45, 7) is 0. The first-order chi connectivity index (χ1) is 11.7. The molecule has 9 heteroatoms. The fourth-order valence-corrected chi connectivity index (χ4v) is 6.98. The second-order valence-corrected chi connectivity index (χ2v) is 10.8. The minimum absolute atomic E-state index is 0.139. The predicted molar refractivity (Wildman–Crippen MR) is 93.2 cm³/mol. The van der Waals surface area contributed by atoms with Crippen LogP contribution < -0.4 is 9.47 Å². The van der Waals surface area contributed by atoms with Crippen LogP contribution in [0.25, 0.3) is 0 Å². The van der Waals surface area contributed by atoms with Crippen molar-refractivity contribution in [2.75, 3.05) is 20.5 Å². The van der Waals surface area contributed by atoms with E-state index in [-0.39, 0.29) is 17.0 Å². The maximum absolute atomic E-state index is 13.2. The average Bonchev–Trinajstić information content (AvgIpc) is 2.84. The zero-order valence-electron chi connectivity index (χ0n) is 14.5. The quantitative estimate of drug-likeness (QED) is 0.757. The SMILES string of the molecule is COc1ccc(S(=O)(=O)N2C3CCC2CC(S(C)(=O)=O)C3)cc1OC. The molecule has 0 spiro atoms. The van der Waals surface area contributed by atoms with Crippen LogP contribution >= 0.6 is 0 Å². The molecule has 0 aromatic heterocycles. The Bertz CT molecular complexity index is 851. The number of nitrogens with zero attached hydrogens (tertiary/aromatic N) is 1. The van der Waals surface area contributed by atoms with E-state index in [1.807, 2.05) is 0 Å². The van der Waals surface area contributed by atoms with Gasteiger partial charge in [-0.1, -0.05) is 0 Å². The van der Waals surface area contributed by atoms with Crippen LogP contribution in [-0.2, 0) is 19.9 Å². The average molecular weight is 389 g/mol. The maximum atomic E-state index is 13.2. The Kier molecular flexibility index (Phi) is 4.76. The van der Waals surface area contributed by atoms with Crippen molar-refractivity contribution in [1.29, 1.82) is 0 Å². The molecule has 1 aromatic carbocycles. The van der Waals surface area contributed by atoms with Crippen LogP contribution in [0.3, 0.4) is 0 Å². The Morgan fingerprint density at radius 1 is 0.960 bits per heavy atom. The Morgan fingerprint density at radius 2 is 1.52 bits per heavy atom. The molecule has 140 valence electrons. The normalized spacial score (nSPS) is 27.2. The van der Waals surface area contributed by atoms with Crippen molar-refractivity contribution >= 4 is 19.9 Å². The molecule has 1 aromatic rings. The Balaban J connectivity index is 1.94. The molecule has 0 radical (unpaired) electrons. The van der Waals surface area contributed by atoms with Crippen molar-refractivity contribution in [3.63, 3.8) is 0 Å². The van der Waals surface area contributed by atoms with E-state index in [4.69, 9.17) is 9.47 Å². The van der Waals surface area contributed by atoms with Crippen molar-refractivity contribution in [3.05, 3.63) is 18.2 Å². The molecule has 0 aliphatic carbocycles. The van der Waals surface area contributed by atoms with Gasteiger partial charge >= 0.3 is 0 Å². The summed E-state index contributed by atoms with van der Waals surface area (Å²) in [5.74, 6) is 0.808. The summed E-state index contributed by atoms with van der Waals surface area (Å²) in [5, 5.41) is -0.457. The van der Waals surface area contributed by atoms with Gasteiger partial charge in [0.05, 0.1) is 24.4 Å². The van der Waals surface area contributed by atoms with Gasteiger partial charge in [-0.25, -0.2) is 16.8 Å². The molecule has 2 fully saturated rings. The van der Waals surface area contributed by atoms with E-state index < -0.39 is 25.1 Å². The van der Waals surface area contributed by atoms with Crippen molar-refractivity contribution in [2.45, 2.75) is 47.9 Å². The third-order valence-electron chi connectivity index (χ3n) is 5.16. The zero-order valence-corrected chi connectivity index (χ0v) is 16.1. The van der Waals surface area contributed by atoms with Gasteiger partial charge in [0, 0.05) is 24.4 Å². The Morgan fingerprint density at radius 3 is 2.00 bits per heavy atom. The van der Waals surface area contributed by atoms with Crippen molar-refractivity contribution in [3.8, 4) is 11.5 Å². The molecular weight excluding hydrogens is 366 g/mol. The monoisotopic (exact) mass is 389 g/mol. The smallest absolute Gasteiger partial charge is 0.243 e. The minimum atomic E-state index is -3.72. The van der Waals surface area contributed by atoms with Crippen LogP contribution in [-0.4, -0.2) is 58.9 Å². The number of ether oxygens (including phenoxy) is 2. The molecule has 2 bridgehead atoms. The van der Waals surface area contributed by atoms with Gasteiger partial charge in [-0.15, -0.1) is 0 Å². The lowest BCUT2D eigenvalue weighted by atomic mass is 10.1. The van der Waals surface area contributed by atoms with Gasteiger partial charge in [0.1, 0.15) is 9.84 Å². The molecule has 2 atom stereocenters. The topological polar surface area (TPSA) is 90.0 Å². The van der Waals surface area contributed by atoms with Gasteiger partial charge in [-0.2, -0.15) is 4.31 Å². The summed E-state index contributed by atoms with van der Waals surface area (Å²) in [6, 6.07) is 3.99. The number of sulfone groups is 1. The summed E-state index contributed by atoms with van der Waals surface area (Å²) in [4.78, 5) is 0.139. The number of hydrogen-bond donors (Lipinski definition) is 0. The summed E-state index contributed by atoms with van der Waals surface area (Å²) < 4.78 is 61.9. The number of benzene rings is 1. The molecule has 2 aliphatic rings. The van der Waals surface area contributed by atoms with Gasteiger partial charge in [-0.3, -0.25) is 0 Å². The van der Waals surface area contributed by atoms with Gasteiger partial charge < -0.3 is 9.47 Å². The second kappa shape index (κ2) is 6.44. The number of methoxy groups -OCH3 is 2. The lowest BCUT2D eigenvalue weighted by Gasteiger charge is -2.37. The maximum Gasteiger partial charge on any atom is 0.243 e. The standard InChI is InChI=1S/C16H23NO6S2/c1-22-15-7-6-13(10-16(15)23-2)25(20,21)17-11-4-5-12(17)9-14(8-11)24(3,18)19/h6-7,10-12,14H,4-5,8-9H2,1-3H3. The van der Waals surface area contributed by atoms with Crippen LogP contribution in [0.4, 0.5) is 0 Å². The Hall–Kier alpha value is -1.32. The summed E-state index contributed by atoms with van der Waals surface area (Å²) in [7, 11) is -3.94. The molecule has 25 heavy (non-hydrogen) atoms. The van der Waals surface area contributed by atoms with E-state index in [2.05, 4.69) is 0 Å². The van der Waals surface area contributed by atoms with Gasteiger partial charge in [0.15, 0.2) is 11.5 Å². The van der Waals surface area contributed by atoms with Crippen molar-refractivity contribution < 1.29 is 26.3 Å². The van der Waals surface area contributed by atoms with Crippen molar-refractivity contribution in [1.82, 2.24) is 4.31 Å². The number of sulfonamides is 1. The lowest BCUT2D eigenvalue weighted by Crippen LogP contribution is -2.49. The van der Waals surface area contributed by atoms with Crippen LogP contribution in [0.2, 0.25) is 0 Å². The van der Waals surface area contributed by atoms with Crippen LogP contribution in [0.5, 0.6) is 11.5 Å². The Labute approximate surface area is 148 Å². The number of rotatable bonds is 5. The van der Waals surface area contributed by atoms with Crippen LogP contribution in [0, 0.1) is 0 Å². The first-order valence-corrected chi connectivity index (χ1v) is 11.5. The lowest BCUT2D eigenvalue weighted by molar-refractivity contribution is 0.249. The third-order valence-corrected chi connectivity index (χ3v) is 8.76. The number of fused-ring (bicyclic) bond motifs is 2. The van der Waals surface area contributed by atoms with E-state index in [0.717, 1.165) is 0 Å². The van der Waals surface area contributed by atoms with E-state index in [0.29, 0.717) is 37.2 Å². The molecule has 2 aliphatic heterocycles. The highest BCUT2D eigenvalue weighted by Gasteiger charge is 2.49. The van der Waals surface area contributed by atoms with E-state index in [1.54, 1.807) is 6.07 Å². The molecule has 2 saturated heterocycles. The largest absolute Gasteiger partial charge is 0.493 e. The molecule has 0 amide bonds. The fraction of sp³-hybridized carbons (Fsp3) is 0.625. The summed E-state index contributed by atoms with van der Waals surface area (Å²) in [6.07, 6.45) is 3.35. The van der Waals surface area contributed by atoms with E-state index in [9.17, 15) is 16.8 Å².